The molecule has 1 aliphatic heterocycles. The Morgan fingerprint density at radius 3 is 3.19 bits per heavy atom. The summed E-state index contributed by atoms with van der Waals surface area (Å²) in [6, 6.07) is 6.16. The zero-order valence-electron chi connectivity index (χ0n) is 12.1. The highest BCUT2D eigenvalue weighted by Crippen LogP contribution is 2.37. The van der Waals surface area contributed by atoms with Crippen LogP contribution in [0.1, 0.15) is 47.5 Å². The van der Waals surface area contributed by atoms with Gasteiger partial charge >= 0.3 is 0 Å². The number of hydrogen-bond donors (Lipinski definition) is 2. The van der Waals surface area contributed by atoms with E-state index >= 15 is 0 Å². The lowest BCUT2D eigenvalue weighted by atomic mass is 9.96. The summed E-state index contributed by atoms with van der Waals surface area (Å²) in [6.45, 7) is 2.91. The van der Waals surface area contributed by atoms with Gasteiger partial charge < -0.3 is 4.74 Å². The number of nitrogens with two attached hydrogens (primary N) is 1. The van der Waals surface area contributed by atoms with Gasteiger partial charge in [0, 0.05) is 5.56 Å². The molecule has 1 aromatic heterocycles. The molecule has 1 aromatic carbocycles. The molecule has 0 saturated carbocycles. The van der Waals surface area contributed by atoms with Gasteiger partial charge in [0.15, 0.2) is 0 Å². The first-order chi connectivity index (χ1) is 10.3. The fourth-order valence-electron chi connectivity index (χ4n) is 2.79. The minimum atomic E-state index is -0.111. The molecule has 112 valence electrons. The molecule has 0 radical (unpaired) electrons. The summed E-state index contributed by atoms with van der Waals surface area (Å²) < 4.78 is 10.0. The fourth-order valence-corrected chi connectivity index (χ4v) is 3.57. The minimum absolute atomic E-state index is 0.111. The van der Waals surface area contributed by atoms with Crippen LogP contribution < -0.4 is 16.0 Å². The number of rotatable bonds is 5. The van der Waals surface area contributed by atoms with Crippen molar-refractivity contribution in [1.29, 1.82) is 0 Å². The quantitative estimate of drug-likeness (QED) is 0.655. The summed E-state index contributed by atoms with van der Waals surface area (Å²) in [5.41, 5.74) is 6.29. The molecule has 0 fully saturated rings. The Morgan fingerprint density at radius 2 is 2.38 bits per heavy atom. The van der Waals surface area contributed by atoms with Crippen molar-refractivity contribution in [3.05, 3.63) is 39.9 Å². The van der Waals surface area contributed by atoms with Gasteiger partial charge in [-0.3, -0.25) is 5.84 Å². The summed E-state index contributed by atoms with van der Waals surface area (Å²) in [5, 5.41) is 4.24. The molecule has 0 bridgehead atoms. The van der Waals surface area contributed by atoms with E-state index in [2.05, 4.69) is 40.1 Å². The van der Waals surface area contributed by atoms with Crippen LogP contribution in [-0.4, -0.2) is 16.2 Å². The summed E-state index contributed by atoms with van der Waals surface area (Å²) in [7, 11) is 0. The lowest BCUT2D eigenvalue weighted by Crippen LogP contribution is -2.30. The number of nitrogens with one attached hydrogen (secondary N) is 1. The number of para-hydroxylation sites is 1. The monoisotopic (exact) mass is 304 g/mol. The van der Waals surface area contributed by atoms with E-state index in [4.69, 9.17) is 10.6 Å². The Kier molecular flexibility index (Phi) is 4.48. The van der Waals surface area contributed by atoms with Crippen LogP contribution in [0.3, 0.4) is 0 Å². The second-order valence-electron chi connectivity index (χ2n) is 5.22. The number of hydrogen-bond acceptors (Lipinski definition) is 6. The summed E-state index contributed by atoms with van der Waals surface area (Å²) in [6.07, 6.45) is 4.09. The zero-order chi connectivity index (χ0) is 14.7. The van der Waals surface area contributed by atoms with Crippen molar-refractivity contribution >= 4 is 11.5 Å². The lowest BCUT2D eigenvalue weighted by Gasteiger charge is -2.24. The van der Waals surface area contributed by atoms with E-state index in [1.807, 2.05) is 0 Å². The van der Waals surface area contributed by atoms with Gasteiger partial charge in [0.25, 0.3) is 0 Å². The first kappa shape index (κ1) is 14.4. The molecule has 21 heavy (non-hydrogen) atoms. The highest BCUT2D eigenvalue weighted by atomic mass is 32.1. The highest BCUT2D eigenvalue weighted by molar-refractivity contribution is 7.05. The lowest BCUT2D eigenvalue weighted by molar-refractivity contribution is 0.283. The predicted molar refractivity (Wildman–Crippen MR) is 83.3 cm³/mol. The smallest absolute Gasteiger partial charge is 0.127 e. The van der Waals surface area contributed by atoms with Gasteiger partial charge in [-0.1, -0.05) is 36.0 Å². The van der Waals surface area contributed by atoms with Crippen LogP contribution in [0.2, 0.25) is 0 Å². The standard InChI is InChI=1S/C15H20N4OS/c1-2-5-12-15(21-19-18-12)13(17-16)11-8-3-6-10-7-4-9-20-14(10)11/h3,6,8,13,17H,2,4-5,7,9,16H2,1H3. The predicted octanol–water partition coefficient (Wildman–Crippen LogP) is 2.37. The number of aromatic nitrogens is 2. The minimum Gasteiger partial charge on any atom is -0.493 e. The number of benzene rings is 1. The molecule has 2 heterocycles. The van der Waals surface area contributed by atoms with Crippen LogP contribution >= 0.6 is 11.5 Å². The molecule has 0 amide bonds. The molecule has 0 spiro atoms. The molecule has 1 aliphatic rings. The zero-order valence-corrected chi connectivity index (χ0v) is 12.9. The number of ether oxygens (including phenoxy) is 1. The van der Waals surface area contributed by atoms with Gasteiger partial charge in [-0.15, -0.1) is 5.10 Å². The molecule has 2 aromatic rings. The molecule has 0 aliphatic carbocycles. The summed E-state index contributed by atoms with van der Waals surface area (Å²) in [5.74, 6) is 6.81. The first-order valence-electron chi connectivity index (χ1n) is 7.37. The molecule has 0 saturated heterocycles. The number of hydrazine groups is 1. The van der Waals surface area contributed by atoms with E-state index in [-0.39, 0.29) is 6.04 Å². The van der Waals surface area contributed by atoms with E-state index in [1.54, 1.807) is 0 Å². The van der Waals surface area contributed by atoms with Crippen molar-refractivity contribution < 1.29 is 4.74 Å². The van der Waals surface area contributed by atoms with Gasteiger partial charge in [-0.05, 0) is 36.4 Å². The molecule has 3 rings (SSSR count). The Balaban J connectivity index is 2.02. The number of fused-ring (bicyclic) bond motifs is 1. The molecular weight excluding hydrogens is 284 g/mol. The summed E-state index contributed by atoms with van der Waals surface area (Å²) >= 11 is 1.41. The van der Waals surface area contributed by atoms with E-state index in [0.29, 0.717) is 0 Å². The maximum absolute atomic E-state index is 5.90. The third kappa shape index (κ3) is 2.79. The van der Waals surface area contributed by atoms with Gasteiger partial charge in [-0.25, -0.2) is 5.43 Å². The summed E-state index contributed by atoms with van der Waals surface area (Å²) in [4.78, 5) is 1.09. The van der Waals surface area contributed by atoms with Crippen LogP contribution in [-0.2, 0) is 12.8 Å². The Labute approximate surface area is 128 Å². The maximum atomic E-state index is 5.90. The fraction of sp³-hybridized carbons (Fsp3) is 0.467. The van der Waals surface area contributed by atoms with Crippen molar-refractivity contribution in [2.45, 2.75) is 38.6 Å². The average molecular weight is 304 g/mol. The van der Waals surface area contributed by atoms with E-state index in [0.717, 1.165) is 54.2 Å². The van der Waals surface area contributed by atoms with E-state index < -0.39 is 0 Å². The van der Waals surface area contributed by atoms with Crippen molar-refractivity contribution in [1.82, 2.24) is 15.0 Å². The maximum Gasteiger partial charge on any atom is 0.127 e. The molecule has 5 nitrogen and oxygen atoms in total. The largest absolute Gasteiger partial charge is 0.493 e. The second kappa shape index (κ2) is 6.51. The number of aryl methyl sites for hydroxylation is 2. The SMILES string of the molecule is CCCc1nnsc1C(NN)c1cccc2c1OCCC2. The van der Waals surface area contributed by atoms with Gasteiger partial charge in [0.2, 0.25) is 0 Å². The van der Waals surface area contributed by atoms with Crippen LogP contribution in [0.5, 0.6) is 5.75 Å². The molecular formula is C15H20N4OS. The van der Waals surface area contributed by atoms with Crippen molar-refractivity contribution in [3.63, 3.8) is 0 Å². The van der Waals surface area contributed by atoms with Crippen molar-refractivity contribution in [2.24, 2.45) is 5.84 Å². The van der Waals surface area contributed by atoms with Gasteiger partial charge in [0.1, 0.15) is 5.75 Å². The third-order valence-electron chi connectivity index (χ3n) is 3.78. The highest BCUT2D eigenvalue weighted by Gasteiger charge is 2.25. The Hall–Kier alpha value is -1.50. The second-order valence-corrected chi connectivity index (χ2v) is 6.01. The molecule has 6 heteroatoms. The molecule has 1 atom stereocenters. The third-order valence-corrected chi connectivity index (χ3v) is 4.61. The first-order valence-corrected chi connectivity index (χ1v) is 8.14. The normalized spacial score (nSPS) is 15.3. The van der Waals surface area contributed by atoms with Gasteiger partial charge in [0.05, 0.1) is 23.2 Å². The van der Waals surface area contributed by atoms with Crippen LogP contribution in [0.4, 0.5) is 0 Å². The number of nitrogens with zero attached hydrogens (tertiary/aromatic N) is 2. The van der Waals surface area contributed by atoms with E-state index in [9.17, 15) is 0 Å². The van der Waals surface area contributed by atoms with E-state index in [1.165, 1.54) is 17.1 Å². The molecule has 1 unspecified atom stereocenters. The van der Waals surface area contributed by atoms with Gasteiger partial charge in [-0.2, -0.15) is 0 Å². The molecule has 3 N–H and O–H groups in total. The van der Waals surface area contributed by atoms with Crippen LogP contribution in [0.25, 0.3) is 0 Å². The van der Waals surface area contributed by atoms with Crippen LogP contribution in [0, 0.1) is 0 Å². The van der Waals surface area contributed by atoms with Crippen LogP contribution in [0.15, 0.2) is 18.2 Å². The Morgan fingerprint density at radius 1 is 1.48 bits per heavy atom. The topological polar surface area (TPSA) is 73.1 Å². The van der Waals surface area contributed by atoms with Crippen molar-refractivity contribution in [3.8, 4) is 5.75 Å². The average Bonchev–Trinajstić information content (AvgIpc) is 2.97. The Bertz CT molecular complexity index is 613. The van der Waals surface area contributed by atoms with Crippen molar-refractivity contribution in [2.75, 3.05) is 6.61 Å².